The van der Waals surface area contributed by atoms with E-state index in [1.165, 1.54) is 11.8 Å². The lowest BCUT2D eigenvalue weighted by atomic mass is 10.1. The largest absolute Gasteiger partial charge is 0.377 e. The lowest BCUT2D eigenvalue weighted by molar-refractivity contribution is -0.135. The average Bonchev–Trinajstić information content (AvgIpc) is 3.26. The number of halogens is 2. The summed E-state index contributed by atoms with van der Waals surface area (Å²) in [4.78, 5) is 17.0. The predicted molar refractivity (Wildman–Crippen MR) is 121 cm³/mol. The van der Waals surface area contributed by atoms with E-state index in [0.29, 0.717) is 25.3 Å². The summed E-state index contributed by atoms with van der Waals surface area (Å²) in [7, 11) is -4.02. The number of ether oxygens (including phenoxy) is 1. The van der Waals surface area contributed by atoms with Crippen LogP contribution >= 0.6 is 23.4 Å². The van der Waals surface area contributed by atoms with Crippen molar-refractivity contribution in [1.82, 2.24) is 14.5 Å². The number of carbonyl (C=O) groups is 1. The topological polar surface area (TPSA) is 79.0 Å². The highest BCUT2D eigenvalue weighted by Crippen LogP contribution is 2.21. The van der Waals surface area contributed by atoms with Gasteiger partial charge < -0.3 is 9.64 Å². The Bertz CT molecular complexity index is 860. The fourth-order valence-electron chi connectivity index (χ4n) is 3.82. The molecule has 1 N–H and O–H groups in total. The normalized spacial score (nSPS) is 21.4. The van der Waals surface area contributed by atoms with Crippen LogP contribution in [0.4, 0.5) is 4.39 Å². The molecule has 2 heterocycles. The van der Waals surface area contributed by atoms with Crippen LogP contribution in [0.2, 0.25) is 5.02 Å². The third-order valence-electron chi connectivity index (χ3n) is 5.58. The van der Waals surface area contributed by atoms with Crippen molar-refractivity contribution in [2.45, 2.75) is 36.3 Å². The molecule has 0 unspecified atom stereocenters. The van der Waals surface area contributed by atoms with Crippen LogP contribution in [0.1, 0.15) is 19.3 Å². The Balaban J connectivity index is 1.62. The third kappa shape index (κ3) is 6.79. The lowest BCUT2D eigenvalue weighted by Gasteiger charge is -2.37. The van der Waals surface area contributed by atoms with Crippen LogP contribution < -0.4 is 4.72 Å². The highest BCUT2D eigenvalue weighted by molar-refractivity contribution is 7.98. The average molecular weight is 494 g/mol. The van der Waals surface area contributed by atoms with Gasteiger partial charge in [-0.05, 0) is 49.5 Å². The van der Waals surface area contributed by atoms with Crippen molar-refractivity contribution in [2.24, 2.45) is 0 Å². The first-order valence-electron chi connectivity index (χ1n) is 10.4. The van der Waals surface area contributed by atoms with E-state index in [2.05, 4.69) is 9.62 Å². The molecule has 2 atom stereocenters. The first-order chi connectivity index (χ1) is 14.8. The first-order valence-corrected chi connectivity index (χ1v) is 13.6. The van der Waals surface area contributed by atoms with Crippen molar-refractivity contribution in [1.29, 1.82) is 0 Å². The molecule has 2 fully saturated rings. The zero-order valence-corrected chi connectivity index (χ0v) is 19.9. The van der Waals surface area contributed by atoms with Gasteiger partial charge in [-0.3, -0.25) is 9.69 Å². The summed E-state index contributed by atoms with van der Waals surface area (Å²) in [5.74, 6) is -0.304. The highest BCUT2D eigenvalue weighted by Gasteiger charge is 2.32. The van der Waals surface area contributed by atoms with Gasteiger partial charge in [-0.2, -0.15) is 16.5 Å². The van der Waals surface area contributed by atoms with Gasteiger partial charge in [0.15, 0.2) is 0 Å². The number of carbonyl (C=O) groups excluding carboxylic acids is 1. The number of benzene rings is 1. The first kappa shape index (κ1) is 24.7. The van der Waals surface area contributed by atoms with Gasteiger partial charge in [-0.15, -0.1) is 0 Å². The standard InChI is InChI=1S/C20H29ClFN3O4S2/c1-30-12-6-19(23-31(27,28)16-4-5-18(22)17(21)13-16)20(26)25-9-7-24(8-10-25)14-15-3-2-11-29-15/h4-5,13,15,19,23H,2-3,6-12,14H2,1H3/t15-,19+/m1/s1. The van der Waals surface area contributed by atoms with Gasteiger partial charge in [-0.1, -0.05) is 11.6 Å². The summed E-state index contributed by atoms with van der Waals surface area (Å²) in [6.07, 6.45) is 4.71. The second-order valence-electron chi connectivity index (χ2n) is 7.79. The highest BCUT2D eigenvalue weighted by atomic mass is 35.5. The van der Waals surface area contributed by atoms with Crippen molar-refractivity contribution in [3.8, 4) is 0 Å². The molecule has 1 aromatic carbocycles. The Labute approximate surface area is 192 Å². The number of piperazine rings is 1. The molecule has 1 aromatic rings. The van der Waals surface area contributed by atoms with E-state index in [0.717, 1.165) is 57.3 Å². The molecular formula is C20H29ClFN3O4S2. The third-order valence-corrected chi connectivity index (χ3v) is 7.98. The Morgan fingerprint density at radius 2 is 2.10 bits per heavy atom. The van der Waals surface area contributed by atoms with Gasteiger partial charge in [0.25, 0.3) is 0 Å². The van der Waals surface area contributed by atoms with Gasteiger partial charge in [0.1, 0.15) is 11.9 Å². The summed E-state index contributed by atoms with van der Waals surface area (Å²) in [6.45, 7) is 4.26. The molecule has 3 rings (SSSR count). The maximum atomic E-state index is 13.4. The van der Waals surface area contributed by atoms with E-state index >= 15 is 0 Å². The molecule has 0 bridgehead atoms. The Morgan fingerprint density at radius 1 is 1.35 bits per heavy atom. The number of thioether (sulfide) groups is 1. The molecule has 0 radical (unpaired) electrons. The molecule has 1 amide bonds. The molecule has 11 heteroatoms. The van der Waals surface area contributed by atoms with E-state index in [-0.39, 0.29) is 21.9 Å². The quantitative estimate of drug-likeness (QED) is 0.568. The molecule has 0 saturated carbocycles. The van der Waals surface area contributed by atoms with Gasteiger partial charge >= 0.3 is 0 Å². The van der Waals surface area contributed by atoms with Crippen molar-refractivity contribution in [2.75, 3.05) is 51.3 Å². The molecule has 0 aliphatic carbocycles. The Hall–Kier alpha value is -0.910. The monoisotopic (exact) mass is 493 g/mol. The fraction of sp³-hybridized carbons (Fsp3) is 0.650. The molecule has 2 aliphatic rings. The summed E-state index contributed by atoms with van der Waals surface area (Å²) in [6, 6.07) is 2.32. The number of amides is 1. The minimum Gasteiger partial charge on any atom is -0.377 e. The minimum atomic E-state index is -4.02. The molecule has 0 aromatic heterocycles. The van der Waals surface area contributed by atoms with E-state index in [1.807, 2.05) is 6.26 Å². The van der Waals surface area contributed by atoms with E-state index in [4.69, 9.17) is 16.3 Å². The summed E-state index contributed by atoms with van der Waals surface area (Å²) < 4.78 is 47.2. The van der Waals surface area contributed by atoms with Gasteiger partial charge in [0, 0.05) is 39.3 Å². The molecule has 31 heavy (non-hydrogen) atoms. The number of nitrogens with one attached hydrogen (secondary N) is 1. The van der Waals surface area contributed by atoms with Crippen molar-refractivity contribution < 1.29 is 22.3 Å². The number of hydrogen-bond donors (Lipinski definition) is 1. The van der Waals surface area contributed by atoms with Gasteiger partial charge in [0.05, 0.1) is 16.0 Å². The molecule has 2 saturated heterocycles. The van der Waals surface area contributed by atoms with Gasteiger partial charge in [-0.25, -0.2) is 12.8 Å². The van der Waals surface area contributed by atoms with Crippen LogP contribution in [-0.4, -0.2) is 87.6 Å². The van der Waals surface area contributed by atoms with Crippen LogP contribution in [0.15, 0.2) is 23.1 Å². The number of rotatable bonds is 9. The Kier molecular flexibility index (Phi) is 9.01. The van der Waals surface area contributed by atoms with Gasteiger partial charge in [0.2, 0.25) is 15.9 Å². The SMILES string of the molecule is CSCC[C@H](NS(=O)(=O)c1ccc(F)c(Cl)c1)C(=O)N1CCN(C[C@H]2CCCO2)CC1. The number of sulfonamides is 1. The Morgan fingerprint density at radius 3 is 2.71 bits per heavy atom. The molecule has 2 aliphatic heterocycles. The number of nitrogens with zero attached hydrogens (tertiary/aromatic N) is 2. The molecule has 7 nitrogen and oxygen atoms in total. The second kappa shape index (κ2) is 11.3. The van der Waals surface area contributed by atoms with Crippen molar-refractivity contribution >= 4 is 39.3 Å². The smallest absolute Gasteiger partial charge is 0.241 e. The maximum Gasteiger partial charge on any atom is 0.241 e. The molecule has 0 spiro atoms. The number of hydrogen-bond acceptors (Lipinski definition) is 6. The van der Waals surface area contributed by atoms with E-state index < -0.39 is 21.9 Å². The van der Waals surface area contributed by atoms with Crippen LogP contribution in [0.25, 0.3) is 0 Å². The van der Waals surface area contributed by atoms with Crippen LogP contribution in [-0.2, 0) is 19.6 Å². The van der Waals surface area contributed by atoms with Crippen LogP contribution in [0.3, 0.4) is 0 Å². The summed E-state index contributed by atoms with van der Waals surface area (Å²) in [5, 5.41) is -0.280. The zero-order valence-electron chi connectivity index (χ0n) is 17.6. The van der Waals surface area contributed by atoms with Crippen LogP contribution in [0.5, 0.6) is 0 Å². The molecular weight excluding hydrogens is 465 g/mol. The lowest BCUT2D eigenvalue weighted by Crippen LogP contribution is -2.55. The molecule has 174 valence electrons. The summed E-state index contributed by atoms with van der Waals surface area (Å²) >= 11 is 7.28. The van der Waals surface area contributed by atoms with Crippen molar-refractivity contribution in [3.63, 3.8) is 0 Å². The van der Waals surface area contributed by atoms with Crippen LogP contribution in [0, 0.1) is 5.82 Å². The van der Waals surface area contributed by atoms with E-state index in [9.17, 15) is 17.6 Å². The van der Waals surface area contributed by atoms with E-state index in [1.54, 1.807) is 4.90 Å². The predicted octanol–water partition coefficient (Wildman–Crippen LogP) is 2.20. The second-order valence-corrected chi connectivity index (χ2v) is 10.9. The minimum absolute atomic E-state index is 0.165. The van der Waals surface area contributed by atoms with Crippen molar-refractivity contribution in [3.05, 3.63) is 29.0 Å². The summed E-state index contributed by atoms with van der Waals surface area (Å²) in [5.41, 5.74) is 0. The zero-order chi connectivity index (χ0) is 22.4. The fourth-order valence-corrected chi connectivity index (χ4v) is 5.78. The maximum absolute atomic E-state index is 13.4.